The Balaban J connectivity index is 1.53. The topological polar surface area (TPSA) is 90.0 Å². The van der Waals surface area contributed by atoms with Gasteiger partial charge >= 0.3 is 5.97 Å². The van der Waals surface area contributed by atoms with Gasteiger partial charge in [0.1, 0.15) is 5.82 Å². The lowest BCUT2D eigenvalue weighted by atomic mass is 10.1. The van der Waals surface area contributed by atoms with Crippen LogP contribution in [0.4, 0.5) is 21.5 Å². The lowest BCUT2D eigenvalue weighted by Crippen LogP contribution is -2.47. The Labute approximate surface area is 198 Å². The van der Waals surface area contributed by atoms with Crippen molar-refractivity contribution < 1.29 is 22.7 Å². The first-order chi connectivity index (χ1) is 16.1. The van der Waals surface area contributed by atoms with Gasteiger partial charge < -0.3 is 14.9 Å². The van der Waals surface area contributed by atoms with E-state index in [1.165, 1.54) is 22.9 Å². The molecule has 178 valence electrons. The number of aryl methyl sites for hydroxylation is 2. The number of carboxylic acid groups (broad SMARTS) is 1. The SMILES string of the molecule is Cc1ccc(C)c(N2CCN(c3ccc(NS(=O)(=O)c4ccc(F)cc4)cc3C(=O)O)CC2)c1. The van der Waals surface area contributed by atoms with Crippen LogP contribution in [0.3, 0.4) is 0 Å². The number of hydrogen-bond acceptors (Lipinski definition) is 5. The van der Waals surface area contributed by atoms with Crippen LogP contribution in [0.5, 0.6) is 0 Å². The van der Waals surface area contributed by atoms with Crippen LogP contribution in [-0.2, 0) is 10.0 Å². The fraction of sp³-hybridized carbons (Fsp3) is 0.240. The Hall–Kier alpha value is -3.59. The van der Waals surface area contributed by atoms with Crippen LogP contribution >= 0.6 is 0 Å². The summed E-state index contributed by atoms with van der Waals surface area (Å²) in [5.41, 5.74) is 4.25. The van der Waals surface area contributed by atoms with Crippen molar-refractivity contribution in [1.82, 2.24) is 0 Å². The molecule has 0 bridgehead atoms. The summed E-state index contributed by atoms with van der Waals surface area (Å²) in [7, 11) is -3.99. The van der Waals surface area contributed by atoms with Gasteiger partial charge in [0.25, 0.3) is 10.0 Å². The van der Waals surface area contributed by atoms with Gasteiger partial charge in [-0.05, 0) is 73.5 Å². The predicted molar refractivity (Wildman–Crippen MR) is 131 cm³/mol. The number of nitrogens with one attached hydrogen (secondary N) is 1. The summed E-state index contributed by atoms with van der Waals surface area (Å²) in [6.45, 7) is 6.88. The third kappa shape index (κ3) is 4.99. The zero-order chi connectivity index (χ0) is 24.5. The van der Waals surface area contributed by atoms with E-state index in [0.717, 1.165) is 37.4 Å². The number of piperazine rings is 1. The van der Waals surface area contributed by atoms with Gasteiger partial charge in [-0.2, -0.15) is 0 Å². The minimum atomic E-state index is -3.99. The molecule has 9 heteroatoms. The highest BCUT2D eigenvalue weighted by atomic mass is 32.2. The monoisotopic (exact) mass is 483 g/mol. The minimum absolute atomic E-state index is 0.0134. The molecule has 3 aromatic carbocycles. The summed E-state index contributed by atoms with van der Waals surface area (Å²) in [5.74, 6) is -1.69. The van der Waals surface area contributed by atoms with E-state index in [1.807, 2.05) is 4.90 Å². The van der Waals surface area contributed by atoms with E-state index in [0.29, 0.717) is 18.8 Å². The summed E-state index contributed by atoms with van der Waals surface area (Å²) in [5, 5.41) is 9.81. The van der Waals surface area contributed by atoms with E-state index in [4.69, 9.17) is 0 Å². The molecule has 1 fully saturated rings. The first kappa shape index (κ1) is 23.6. The molecule has 0 atom stereocenters. The molecule has 7 nitrogen and oxygen atoms in total. The highest BCUT2D eigenvalue weighted by molar-refractivity contribution is 7.92. The summed E-state index contributed by atoms with van der Waals surface area (Å²) in [4.78, 5) is 16.2. The summed E-state index contributed by atoms with van der Waals surface area (Å²) >= 11 is 0. The third-order valence-electron chi connectivity index (χ3n) is 5.93. The number of halogens is 1. The van der Waals surface area contributed by atoms with Crippen molar-refractivity contribution in [3.63, 3.8) is 0 Å². The van der Waals surface area contributed by atoms with Crippen LogP contribution in [0.25, 0.3) is 0 Å². The van der Waals surface area contributed by atoms with Crippen LogP contribution in [0.15, 0.2) is 65.6 Å². The summed E-state index contributed by atoms with van der Waals surface area (Å²) in [6.07, 6.45) is 0. The number of aromatic carboxylic acids is 1. The molecule has 34 heavy (non-hydrogen) atoms. The van der Waals surface area contributed by atoms with Crippen LogP contribution in [-0.4, -0.2) is 45.7 Å². The molecule has 1 heterocycles. The van der Waals surface area contributed by atoms with E-state index >= 15 is 0 Å². The minimum Gasteiger partial charge on any atom is -0.478 e. The summed E-state index contributed by atoms with van der Waals surface area (Å²) in [6, 6.07) is 15.2. The zero-order valence-electron chi connectivity index (χ0n) is 19.0. The second kappa shape index (κ2) is 9.34. The van der Waals surface area contributed by atoms with Gasteiger partial charge in [0.05, 0.1) is 16.1 Å². The predicted octanol–water partition coefficient (Wildman–Crippen LogP) is 4.27. The molecular weight excluding hydrogens is 457 g/mol. The quantitative estimate of drug-likeness (QED) is 0.544. The number of carbonyl (C=O) groups is 1. The van der Waals surface area contributed by atoms with Gasteiger partial charge in [-0.15, -0.1) is 0 Å². The second-order valence-corrected chi connectivity index (χ2v) is 10.0. The van der Waals surface area contributed by atoms with Gasteiger partial charge in [0.2, 0.25) is 0 Å². The second-order valence-electron chi connectivity index (χ2n) is 8.36. The molecule has 0 radical (unpaired) electrons. The number of anilines is 3. The van der Waals surface area contributed by atoms with Gasteiger partial charge in [-0.25, -0.2) is 17.6 Å². The first-order valence-electron chi connectivity index (χ1n) is 10.9. The number of hydrogen-bond donors (Lipinski definition) is 2. The average Bonchev–Trinajstić information content (AvgIpc) is 2.81. The maximum absolute atomic E-state index is 13.1. The highest BCUT2D eigenvalue weighted by Gasteiger charge is 2.24. The molecule has 1 aliphatic heterocycles. The Morgan fingerprint density at radius 3 is 2.12 bits per heavy atom. The van der Waals surface area contributed by atoms with E-state index in [9.17, 15) is 22.7 Å². The Bertz CT molecular complexity index is 1320. The van der Waals surface area contributed by atoms with Crippen LogP contribution in [0.2, 0.25) is 0 Å². The first-order valence-corrected chi connectivity index (χ1v) is 12.4. The fourth-order valence-electron chi connectivity index (χ4n) is 4.12. The molecule has 0 unspecified atom stereocenters. The Morgan fingerprint density at radius 2 is 1.50 bits per heavy atom. The molecule has 1 saturated heterocycles. The van der Waals surface area contributed by atoms with Gasteiger partial charge in [0, 0.05) is 37.6 Å². The fourth-order valence-corrected chi connectivity index (χ4v) is 5.17. The van der Waals surface area contributed by atoms with Crippen LogP contribution in [0.1, 0.15) is 21.5 Å². The molecule has 1 aliphatic rings. The van der Waals surface area contributed by atoms with E-state index in [-0.39, 0.29) is 16.1 Å². The Kier molecular flexibility index (Phi) is 6.47. The standard InChI is InChI=1S/C25H26FN3O4S/c1-17-3-4-18(2)24(15-17)29-13-11-28(12-14-29)23-10-7-20(16-22(23)25(30)31)27-34(32,33)21-8-5-19(26)6-9-21/h3-10,15-16,27H,11-14H2,1-2H3,(H,30,31). The van der Waals surface area contributed by atoms with Crippen molar-refractivity contribution in [2.45, 2.75) is 18.7 Å². The molecule has 0 aliphatic carbocycles. The lowest BCUT2D eigenvalue weighted by Gasteiger charge is -2.38. The number of nitrogens with zero attached hydrogens (tertiary/aromatic N) is 2. The smallest absolute Gasteiger partial charge is 0.337 e. The van der Waals surface area contributed by atoms with Gasteiger partial charge in [-0.1, -0.05) is 12.1 Å². The van der Waals surface area contributed by atoms with Crippen LogP contribution < -0.4 is 14.5 Å². The highest BCUT2D eigenvalue weighted by Crippen LogP contribution is 2.29. The molecule has 0 amide bonds. The maximum Gasteiger partial charge on any atom is 0.337 e. The molecule has 0 spiro atoms. The third-order valence-corrected chi connectivity index (χ3v) is 7.33. The number of sulfonamides is 1. The van der Waals surface area contributed by atoms with Crippen molar-refractivity contribution in [2.24, 2.45) is 0 Å². The molecule has 2 N–H and O–H groups in total. The summed E-state index contributed by atoms with van der Waals surface area (Å²) < 4.78 is 40.7. The van der Waals surface area contributed by atoms with Crippen molar-refractivity contribution in [1.29, 1.82) is 0 Å². The molecule has 0 saturated carbocycles. The van der Waals surface area contributed by atoms with Crippen molar-refractivity contribution >= 4 is 33.1 Å². The zero-order valence-corrected chi connectivity index (χ0v) is 19.8. The number of carboxylic acids is 1. The number of rotatable bonds is 6. The van der Waals surface area contributed by atoms with E-state index < -0.39 is 21.8 Å². The van der Waals surface area contributed by atoms with Crippen LogP contribution in [0, 0.1) is 19.7 Å². The molecule has 3 aromatic rings. The van der Waals surface area contributed by atoms with Crippen molar-refractivity contribution in [3.05, 3.63) is 83.2 Å². The van der Waals surface area contributed by atoms with E-state index in [1.54, 1.807) is 12.1 Å². The molecular formula is C25H26FN3O4S. The largest absolute Gasteiger partial charge is 0.478 e. The Morgan fingerprint density at radius 1 is 0.882 bits per heavy atom. The molecule has 0 aromatic heterocycles. The maximum atomic E-state index is 13.1. The van der Waals surface area contributed by atoms with Gasteiger partial charge in [-0.3, -0.25) is 4.72 Å². The van der Waals surface area contributed by atoms with Gasteiger partial charge in [0.15, 0.2) is 0 Å². The van der Waals surface area contributed by atoms with Crippen molar-refractivity contribution in [3.8, 4) is 0 Å². The lowest BCUT2D eigenvalue weighted by molar-refractivity contribution is 0.0697. The average molecular weight is 484 g/mol. The number of benzene rings is 3. The normalized spacial score (nSPS) is 14.2. The van der Waals surface area contributed by atoms with E-state index in [2.05, 4.69) is 41.7 Å². The molecule has 4 rings (SSSR count). The van der Waals surface area contributed by atoms with Crippen molar-refractivity contribution in [2.75, 3.05) is 40.7 Å².